The number of anilines is 1. The number of aryl methyl sites for hydroxylation is 2. The summed E-state index contributed by atoms with van der Waals surface area (Å²) in [5.74, 6) is 0.181. The van der Waals surface area contributed by atoms with Crippen molar-refractivity contribution < 1.29 is 4.79 Å². The average Bonchev–Trinajstić information content (AvgIpc) is 3.10. The van der Waals surface area contributed by atoms with Gasteiger partial charge in [0.1, 0.15) is 5.01 Å². The fourth-order valence-electron chi connectivity index (χ4n) is 2.67. The van der Waals surface area contributed by atoms with Gasteiger partial charge in [0.15, 0.2) is 5.16 Å². The molecular weight excluding hydrogens is 388 g/mol. The van der Waals surface area contributed by atoms with E-state index >= 15 is 0 Å². The van der Waals surface area contributed by atoms with Gasteiger partial charge in [0.25, 0.3) is 0 Å². The van der Waals surface area contributed by atoms with Gasteiger partial charge in [-0.15, -0.1) is 11.3 Å². The molecule has 0 saturated heterocycles. The maximum Gasteiger partial charge on any atom is 0.234 e. The third kappa shape index (κ3) is 4.37. The van der Waals surface area contributed by atoms with Gasteiger partial charge >= 0.3 is 0 Å². The minimum absolute atomic E-state index is 0.0849. The van der Waals surface area contributed by atoms with Crippen LogP contribution < -0.4 is 5.32 Å². The Labute approximate surface area is 171 Å². The Hall–Kier alpha value is -2.77. The summed E-state index contributed by atoms with van der Waals surface area (Å²) in [7, 11) is 0. The lowest BCUT2D eigenvalue weighted by atomic mass is 10.2. The highest BCUT2D eigenvalue weighted by molar-refractivity contribution is 7.99. The molecule has 0 atom stereocenters. The summed E-state index contributed by atoms with van der Waals surface area (Å²) < 4.78 is 1.18. The van der Waals surface area contributed by atoms with Crippen LogP contribution >= 0.6 is 23.1 Å². The molecule has 0 aliphatic carbocycles. The van der Waals surface area contributed by atoms with Crippen molar-refractivity contribution in [2.45, 2.75) is 19.0 Å². The zero-order valence-corrected chi connectivity index (χ0v) is 17.1. The second-order valence-corrected chi connectivity index (χ2v) is 8.36. The summed E-state index contributed by atoms with van der Waals surface area (Å²) in [6.07, 6.45) is 1.70. The van der Waals surface area contributed by atoms with Crippen molar-refractivity contribution >= 4 is 44.9 Å². The Kier molecular flexibility index (Phi) is 5.36. The van der Waals surface area contributed by atoms with Crippen LogP contribution in [0, 0.1) is 13.8 Å². The van der Waals surface area contributed by atoms with Crippen molar-refractivity contribution in [1.82, 2.24) is 15.0 Å². The van der Waals surface area contributed by atoms with Crippen molar-refractivity contribution in [2.24, 2.45) is 0 Å². The van der Waals surface area contributed by atoms with Gasteiger partial charge in [-0.3, -0.25) is 4.79 Å². The van der Waals surface area contributed by atoms with Crippen LogP contribution in [0.5, 0.6) is 0 Å². The number of nitrogens with one attached hydrogen (secondary N) is 1. The summed E-state index contributed by atoms with van der Waals surface area (Å²) in [6.45, 7) is 3.99. The Bertz CT molecular complexity index is 1140. The number of hydrogen-bond acceptors (Lipinski definition) is 6. The minimum Gasteiger partial charge on any atom is -0.325 e. The van der Waals surface area contributed by atoms with Crippen LogP contribution in [0.3, 0.4) is 0 Å². The van der Waals surface area contributed by atoms with E-state index in [1.165, 1.54) is 22.0 Å². The average molecular weight is 407 g/mol. The number of thioether (sulfide) groups is 1. The molecule has 0 aliphatic rings. The van der Waals surface area contributed by atoms with Crippen LogP contribution in [0.1, 0.15) is 11.3 Å². The van der Waals surface area contributed by atoms with Gasteiger partial charge in [0.05, 0.1) is 16.0 Å². The SMILES string of the molecule is Cc1ccc2nc(-c3ccc(NC(=O)CSc4nccc(C)n4)cc3)sc2c1. The number of carbonyl (C=O) groups is 1. The molecule has 140 valence electrons. The molecule has 28 heavy (non-hydrogen) atoms. The Morgan fingerprint density at radius 1 is 1.07 bits per heavy atom. The molecule has 2 aromatic heterocycles. The maximum atomic E-state index is 12.2. The first kappa shape index (κ1) is 18.6. The van der Waals surface area contributed by atoms with E-state index in [0.717, 1.165) is 27.5 Å². The van der Waals surface area contributed by atoms with Crippen LogP contribution in [-0.4, -0.2) is 26.6 Å². The van der Waals surface area contributed by atoms with E-state index in [9.17, 15) is 4.79 Å². The number of hydrogen-bond donors (Lipinski definition) is 1. The number of fused-ring (bicyclic) bond motifs is 1. The normalized spacial score (nSPS) is 10.9. The highest BCUT2D eigenvalue weighted by Gasteiger charge is 2.08. The Balaban J connectivity index is 1.40. The number of amides is 1. The molecule has 2 heterocycles. The highest BCUT2D eigenvalue weighted by atomic mass is 32.2. The summed E-state index contributed by atoms with van der Waals surface area (Å²) in [4.78, 5) is 25.3. The quantitative estimate of drug-likeness (QED) is 0.369. The topological polar surface area (TPSA) is 67.8 Å². The molecule has 0 saturated carbocycles. The van der Waals surface area contributed by atoms with Gasteiger partial charge in [-0.2, -0.15) is 0 Å². The van der Waals surface area contributed by atoms with E-state index in [4.69, 9.17) is 4.98 Å². The van der Waals surface area contributed by atoms with Crippen LogP contribution in [0.2, 0.25) is 0 Å². The Morgan fingerprint density at radius 3 is 2.68 bits per heavy atom. The van der Waals surface area contributed by atoms with Crippen LogP contribution in [0.4, 0.5) is 5.69 Å². The highest BCUT2D eigenvalue weighted by Crippen LogP contribution is 2.31. The van der Waals surface area contributed by atoms with Crippen molar-refractivity contribution in [2.75, 3.05) is 11.1 Å². The van der Waals surface area contributed by atoms with E-state index in [1.807, 2.05) is 37.3 Å². The number of aromatic nitrogens is 3. The second-order valence-electron chi connectivity index (χ2n) is 6.38. The molecule has 2 aromatic carbocycles. The molecular formula is C21H18N4OS2. The first-order chi connectivity index (χ1) is 13.6. The number of carbonyl (C=O) groups excluding carboxylic acids is 1. The molecule has 1 N–H and O–H groups in total. The first-order valence-electron chi connectivity index (χ1n) is 8.77. The molecule has 0 unspecified atom stereocenters. The van der Waals surface area contributed by atoms with Crippen molar-refractivity contribution in [3.63, 3.8) is 0 Å². The number of thiazole rings is 1. The van der Waals surface area contributed by atoms with Crippen molar-refractivity contribution in [3.8, 4) is 10.6 Å². The molecule has 4 aromatic rings. The predicted molar refractivity (Wildman–Crippen MR) is 116 cm³/mol. The van der Waals surface area contributed by atoms with Gasteiger partial charge in [0, 0.05) is 23.1 Å². The van der Waals surface area contributed by atoms with E-state index in [0.29, 0.717) is 5.16 Å². The smallest absolute Gasteiger partial charge is 0.234 e. The Morgan fingerprint density at radius 2 is 1.89 bits per heavy atom. The molecule has 0 bridgehead atoms. The number of benzene rings is 2. The molecule has 0 aliphatic heterocycles. The molecule has 0 radical (unpaired) electrons. The summed E-state index contributed by atoms with van der Waals surface area (Å²) in [5, 5.41) is 4.49. The van der Waals surface area contributed by atoms with Crippen molar-refractivity contribution in [1.29, 1.82) is 0 Å². The van der Waals surface area contributed by atoms with Crippen molar-refractivity contribution in [3.05, 3.63) is 66.0 Å². The summed E-state index contributed by atoms with van der Waals surface area (Å²) in [5.41, 5.74) is 4.93. The maximum absolute atomic E-state index is 12.2. The fraction of sp³-hybridized carbons (Fsp3) is 0.143. The lowest BCUT2D eigenvalue weighted by Crippen LogP contribution is -2.14. The standard InChI is InChI=1S/C21H18N4OS2/c1-13-3-8-17-18(11-13)28-20(25-17)15-4-6-16(7-5-15)24-19(26)12-27-21-22-10-9-14(2)23-21/h3-11H,12H2,1-2H3,(H,24,26). The second kappa shape index (κ2) is 8.08. The predicted octanol–water partition coefficient (Wildman–Crippen LogP) is 5.10. The summed E-state index contributed by atoms with van der Waals surface area (Å²) in [6, 6.07) is 15.9. The minimum atomic E-state index is -0.0849. The third-order valence-corrected chi connectivity index (χ3v) is 5.99. The molecule has 0 spiro atoms. The fourth-order valence-corrected chi connectivity index (χ4v) is 4.42. The van der Waals surface area contributed by atoms with Crippen LogP contribution in [0.15, 0.2) is 59.9 Å². The molecule has 1 amide bonds. The molecule has 4 rings (SSSR count). The van der Waals surface area contributed by atoms with Gasteiger partial charge < -0.3 is 5.32 Å². The molecule has 0 fully saturated rings. The molecule has 7 heteroatoms. The lowest BCUT2D eigenvalue weighted by molar-refractivity contribution is -0.113. The van der Waals surface area contributed by atoms with E-state index in [2.05, 4.69) is 40.4 Å². The zero-order chi connectivity index (χ0) is 19.5. The lowest BCUT2D eigenvalue weighted by Gasteiger charge is -2.05. The summed E-state index contributed by atoms with van der Waals surface area (Å²) >= 11 is 3.00. The van der Waals surface area contributed by atoms with Crippen LogP contribution in [-0.2, 0) is 4.79 Å². The van der Waals surface area contributed by atoms with Gasteiger partial charge in [0.2, 0.25) is 5.91 Å². The van der Waals surface area contributed by atoms with E-state index in [1.54, 1.807) is 17.5 Å². The van der Waals surface area contributed by atoms with Crippen LogP contribution in [0.25, 0.3) is 20.8 Å². The largest absolute Gasteiger partial charge is 0.325 e. The zero-order valence-electron chi connectivity index (χ0n) is 15.5. The van der Waals surface area contributed by atoms with Gasteiger partial charge in [-0.25, -0.2) is 15.0 Å². The third-order valence-electron chi connectivity index (χ3n) is 4.06. The molecule has 5 nitrogen and oxygen atoms in total. The monoisotopic (exact) mass is 406 g/mol. The van der Waals surface area contributed by atoms with E-state index in [-0.39, 0.29) is 11.7 Å². The van der Waals surface area contributed by atoms with Gasteiger partial charge in [-0.1, -0.05) is 17.8 Å². The first-order valence-corrected chi connectivity index (χ1v) is 10.6. The van der Waals surface area contributed by atoms with E-state index < -0.39 is 0 Å². The number of rotatable bonds is 5. The number of nitrogens with zero attached hydrogens (tertiary/aromatic N) is 3. The van der Waals surface area contributed by atoms with Gasteiger partial charge in [-0.05, 0) is 61.9 Å².